The Balaban J connectivity index is 1.37. The number of hydrogen-bond acceptors (Lipinski definition) is 9. The number of aliphatic carboxylic acids is 1. The molecule has 0 saturated heterocycles. The van der Waals surface area contributed by atoms with Gasteiger partial charge in [0.05, 0.1) is 12.0 Å². The van der Waals surface area contributed by atoms with Crippen LogP contribution in [0.3, 0.4) is 0 Å². The molecule has 0 bridgehead atoms. The molecule has 1 atom stereocenters. The topological polar surface area (TPSA) is 114 Å². The molecular formula is C25H28N8O2S. The van der Waals surface area contributed by atoms with Crippen LogP contribution in [0.5, 0.6) is 0 Å². The van der Waals surface area contributed by atoms with Crippen molar-refractivity contribution in [1.29, 1.82) is 0 Å². The minimum absolute atomic E-state index is 0.0136. The molecule has 0 radical (unpaired) electrons. The van der Waals surface area contributed by atoms with E-state index in [1.54, 1.807) is 0 Å². The van der Waals surface area contributed by atoms with Gasteiger partial charge < -0.3 is 10.0 Å². The van der Waals surface area contributed by atoms with Gasteiger partial charge in [0, 0.05) is 30.4 Å². The lowest BCUT2D eigenvalue weighted by atomic mass is 9.97. The first-order chi connectivity index (χ1) is 17.5. The van der Waals surface area contributed by atoms with Gasteiger partial charge in [-0.3, -0.25) is 15.2 Å². The zero-order valence-corrected chi connectivity index (χ0v) is 20.9. The molecule has 10 nitrogen and oxygen atoms in total. The van der Waals surface area contributed by atoms with Gasteiger partial charge in [0.1, 0.15) is 11.2 Å². The summed E-state index contributed by atoms with van der Waals surface area (Å²) in [6, 6.07) is 16.6. The van der Waals surface area contributed by atoms with Crippen molar-refractivity contribution in [3.8, 4) is 22.5 Å². The number of carboxylic acid groups (broad SMARTS) is 1. The first kappa shape index (κ1) is 23.9. The van der Waals surface area contributed by atoms with Crippen molar-refractivity contribution in [2.75, 3.05) is 12.3 Å². The van der Waals surface area contributed by atoms with Crippen molar-refractivity contribution in [1.82, 2.24) is 41.1 Å². The van der Waals surface area contributed by atoms with Gasteiger partial charge >= 0.3 is 5.97 Å². The lowest BCUT2D eigenvalue weighted by molar-refractivity contribution is -0.133. The van der Waals surface area contributed by atoms with Crippen LogP contribution in [0, 0.1) is 0 Å². The average Bonchev–Trinajstić information content (AvgIpc) is 3.57. The highest BCUT2D eigenvalue weighted by Crippen LogP contribution is 2.33. The van der Waals surface area contributed by atoms with Crippen LogP contribution in [-0.2, 0) is 11.2 Å². The molecule has 1 aromatic heterocycles. The van der Waals surface area contributed by atoms with E-state index in [1.807, 2.05) is 24.4 Å². The van der Waals surface area contributed by atoms with Gasteiger partial charge in [-0.05, 0) is 40.5 Å². The van der Waals surface area contributed by atoms with Crippen LogP contribution in [0.2, 0.25) is 0 Å². The van der Waals surface area contributed by atoms with Gasteiger partial charge in [-0.15, -0.1) is 10.2 Å². The summed E-state index contributed by atoms with van der Waals surface area (Å²) < 4.78 is 0. The second kappa shape index (κ2) is 10.4. The minimum atomic E-state index is -0.833. The number of aromatic amines is 1. The van der Waals surface area contributed by atoms with Crippen LogP contribution < -0.4 is 5.43 Å². The number of hydrogen-bond donors (Lipinski definition) is 3. The molecule has 0 spiro atoms. The van der Waals surface area contributed by atoms with Crippen molar-refractivity contribution in [3.05, 3.63) is 77.2 Å². The average molecular weight is 505 g/mol. The number of tetrazole rings is 1. The molecule has 0 saturated carbocycles. The van der Waals surface area contributed by atoms with Crippen molar-refractivity contribution in [3.63, 3.8) is 0 Å². The molecule has 186 valence electrons. The summed E-state index contributed by atoms with van der Waals surface area (Å²) in [4.78, 5) is 13.4. The van der Waals surface area contributed by atoms with Crippen LogP contribution in [0.15, 0.2) is 71.7 Å². The molecule has 36 heavy (non-hydrogen) atoms. The lowest BCUT2D eigenvalue weighted by Crippen LogP contribution is -2.59. The molecule has 2 aromatic carbocycles. The third kappa shape index (κ3) is 4.93. The van der Waals surface area contributed by atoms with Crippen LogP contribution in [0.1, 0.15) is 25.8 Å². The van der Waals surface area contributed by atoms with Crippen LogP contribution >= 0.6 is 11.8 Å². The lowest BCUT2D eigenvalue weighted by Gasteiger charge is -2.45. The van der Waals surface area contributed by atoms with E-state index in [0.717, 1.165) is 46.8 Å². The monoisotopic (exact) mass is 504 g/mol. The quantitative estimate of drug-likeness (QED) is 0.399. The molecule has 0 fully saturated rings. The van der Waals surface area contributed by atoms with E-state index in [-0.39, 0.29) is 11.9 Å². The number of benzene rings is 2. The Morgan fingerprint density at radius 1 is 1.11 bits per heavy atom. The van der Waals surface area contributed by atoms with Crippen molar-refractivity contribution in [2.45, 2.75) is 32.9 Å². The van der Waals surface area contributed by atoms with Gasteiger partial charge in [0.2, 0.25) is 0 Å². The fourth-order valence-electron chi connectivity index (χ4n) is 4.51. The van der Waals surface area contributed by atoms with Crippen LogP contribution in [0.25, 0.3) is 22.5 Å². The predicted molar refractivity (Wildman–Crippen MR) is 138 cm³/mol. The van der Waals surface area contributed by atoms with E-state index in [9.17, 15) is 4.79 Å². The standard InChI is InChI=1S/C25H28N8O2S/c1-3-12-31-14-17(2)32-15-22(36-16-24(34)35)28-33(32)23(31)13-18-8-10-19(11-9-18)20-6-4-5-7-21(20)25-26-29-30-27-25/h4-11,14-15,23,28H,3,12-13,16H2,1-2H3,(H,34,35)(H,26,27,29,30). The SMILES string of the molecule is CCCN1C=C(C)N2C=C(SCC(=O)O)NN2C1Cc1ccc(-c2ccccc2-c2nnn[nH]2)cc1. The van der Waals surface area contributed by atoms with E-state index in [0.29, 0.717) is 5.82 Å². The van der Waals surface area contributed by atoms with E-state index < -0.39 is 5.97 Å². The molecule has 3 N–H and O–H groups in total. The van der Waals surface area contributed by atoms with Crippen molar-refractivity contribution >= 4 is 17.7 Å². The fourth-order valence-corrected chi connectivity index (χ4v) is 5.13. The number of fused-ring (bicyclic) bond motifs is 1. The zero-order valence-electron chi connectivity index (χ0n) is 20.1. The maximum Gasteiger partial charge on any atom is 0.313 e. The Hall–Kier alpha value is -3.83. The number of allylic oxidation sites excluding steroid dienone is 1. The number of rotatable bonds is 9. The Morgan fingerprint density at radius 2 is 1.89 bits per heavy atom. The van der Waals surface area contributed by atoms with Gasteiger partial charge in [-0.2, -0.15) is 0 Å². The number of H-pyrrole nitrogens is 1. The zero-order chi connectivity index (χ0) is 25.1. The van der Waals surface area contributed by atoms with Gasteiger partial charge in [0.25, 0.3) is 0 Å². The third-order valence-corrected chi connectivity index (χ3v) is 7.02. The number of thioether (sulfide) groups is 1. The Bertz CT molecular complexity index is 1280. The Morgan fingerprint density at radius 3 is 2.58 bits per heavy atom. The van der Waals surface area contributed by atoms with E-state index in [1.165, 1.54) is 17.3 Å². The number of hydrazine groups is 2. The maximum atomic E-state index is 11.1. The second-order valence-corrected chi connectivity index (χ2v) is 9.68. The number of carboxylic acids is 1. The predicted octanol–water partition coefficient (Wildman–Crippen LogP) is 3.64. The highest BCUT2D eigenvalue weighted by molar-refractivity contribution is 8.03. The fraction of sp³-hybridized carbons (Fsp3) is 0.280. The van der Waals surface area contributed by atoms with E-state index >= 15 is 0 Å². The summed E-state index contributed by atoms with van der Waals surface area (Å²) >= 11 is 1.29. The summed E-state index contributed by atoms with van der Waals surface area (Å²) in [5.74, 6) is -0.182. The first-order valence-electron chi connectivity index (χ1n) is 11.8. The first-order valence-corrected chi connectivity index (χ1v) is 12.8. The third-order valence-electron chi connectivity index (χ3n) is 6.12. The van der Waals surface area contributed by atoms with Gasteiger partial charge in [0.15, 0.2) is 5.82 Å². The molecule has 2 aliphatic rings. The maximum absolute atomic E-state index is 11.1. The summed E-state index contributed by atoms with van der Waals surface area (Å²) in [6.45, 7) is 5.15. The molecule has 5 rings (SSSR count). The molecule has 11 heteroatoms. The highest BCUT2D eigenvalue weighted by atomic mass is 32.2. The Kier molecular flexibility index (Phi) is 6.92. The molecule has 3 aromatic rings. The largest absolute Gasteiger partial charge is 0.481 e. The van der Waals surface area contributed by atoms with E-state index in [4.69, 9.17) is 5.11 Å². The number of nitrogens with one attached hydrogen (secondary N) is 2. The normalized spacial score (nSPS) is 17.4. The van der Waals surface area contributed by atoms with Crippen molar-refractivity contribution < 1.29 is 9.90 Å². The highest BCUT2D eigenvalue weighted by Gasteiger charge is 2.36. The molecule has 2 aliphatic heterocycles. The van der Waals surface area contributed by atoms with Gasteiger partial charge in [-0.25, -0.2) is 5.10 Å². The van der Waals surface area contributed by atoms with E-state index in [2.05, 4.69) is 91.5 Å². The van der Waals surface area contributed by atoms with Crippen LogP contribution in [0.4, 0.5) is 0 Å². The smallest absolute Gasteiger partial charge is 0.313 e. The molecule has 0 aliphatic carbocycles. The molecule has 1 unspecified atom stereocenters. The summed E-state index contributed by atoms with van der Waals surface area (Å²) in [5.41, 5.74) is 8.79. The Labute approximate surface area is 213 Å². The van der Waals surface area contributed by atoms with Crippen LogP contribution in [-0.4, -0.2) is 65.2 Å². The number of aromatic nitrogens is 4. The summed E-state index contributed by atoms with van der Waals surface area (Å²) in [7, 11) is 0. The summed E-state index contributed by atoms with van der Waals surface area (Å²) in [6.07, 6.45) is 5.99. The molecule has 0 amide bonds. The van der Waals surface area contributed by atoms with Gasteiger partial charge in [-0.1, -0.05) is 67.2 Å². The molecular weight excluding hydrogens is 476 g/mol. The molecule has 3 heterocycles. The number of carbonyl (C=O) groups is 1. The van der Waals surface area contributed by atoms with Crippen molar-refractivity contribution in [2.24, 2.45) is 0 Å². The number of nitrogens with zero attached hydrogens (tertiary/aromatic N) is 6. The summed E-state index contributed by atoms with van der Waals surface area (Å²) in [5, 5.41) is 28.4. The second-order valence-electron chi connectivity index (χ2n) is 8.66. The minimum Gasteiger partial charge on any atom is -0.481 e.